The topological polar surface area (TPSA) is 122 Å². The van der Waals surface area contributed by atoms with Crippen LogP contribution in [0.25, 0.3) is 0 Å². The standard InChI is InChI=1S/C27H32F2N4O5S/c1-3-4-13-31-23-16-19(26(34)32-14-15-36-2)17-24(25(23)37-21-10-6-5-7-11-21)39(30,35)33-20-9-8-12-22(18-20)38-27(28)29/h5-12,16-18,27,31H,3-4,13-15H2,1-2H3,(H,32,34)(H2,30,33,35). The van der Waals surface area contributed by atoms with Crippen molar-refractivity contribution in [2.45, 2.75) is 31.3 Å². The highest BCUT2D eigenvalue weighted by molar-refractivity contribution is 7.93. The maximum Gasteiger partial charge on any atom is 0.387 e. The Bertz CT molecular complexity index is 1340. The summed E-state index contributed by atoms with van der Waals surface area (Å²) < 4.78 is 66.3. The van der Waals surface area contributed by atoms with Gasteiger partial charge in [-0.25, -0.2) is 8.99 Å². The van der Waals surface area contributed by atoms with Gasteiger partial charge in [0.05, 0.1) is 18.0 Å². The zero-order chi connectivity index (χ0) is 28.3. The average molecular weight is 563 g/mol. The number of carbonyl (C=O) groups excluding carboxylic acids is 1. The molecule has 0 radical (unpaired) electrons. The summed E-state index contributed by atoms with van der Waals surface area (Å²) in [6.45, 7) is 0.0624. The van der Waals surface area contributed by atoms with Crippen LogP contribution < -0.4 is 24.8 Å². The quantitative estimate of drug-likeness (QED) is 0.166. The monoisotopic (exact) mass is 562 g/mol. The largest absolute Gasteiger partial charge is 0.454 e. The van der Waals surface area contributed by atoms with Gasteiger partial charge in [0.1, 0.15) is 16.4 Å². The molecule has 0 aromatic heterocycles. The molecular formula is C27H32F2N4O5S. The number of anilines is 2. The number of benzene rings is 3. The highest BCUT2D eigenvalue weighted by Crippen LogP contribution is 2.39. The lowest BCUT2D eigenvalue weighted by Crippen LogP contribution is -2.27. The fraction of sp³-hybridized carbons (Fsp3) is 0.296. The third-order valence-corrected chi connectivity index (χ3v) is 6.79. The first kappa shape index (κ1) is 29.7. The van der Waals surface area contributed by atoms with Gasteiger partial charge in [0.25, 0.3) is 5.91 Å². The van der Waals surface area contributed by atoms with E-state index in [2.05, 4.69) is 20.1 Å². The number of carbonyl (C=O) groups is 1. The maximum atomic E-state index is 13.9. The van der Waals surface area contributed by atoms with Gasteiger partial charge in [-0.1, -0.05) is 37.6 Å². The molecule has 0 bridgehead atoms. The molecule has 0 aliphatic heterocycles. The first-order valence-corrected chi connectivity index (χ1v) is 13.8. The van der Waals surface area contributed by atoms with Crippen LogP contribution in [-0.2, 0) is 14.7 Å². The van der Waals surface area contributed by atoms with Crippen LogP contribution in [0.2, 0.25) is 0 Å². The molecule has 1 unspecified atom stereocenters. The molecule has 4 N–H and O–H groups in total. The fourth-order valence-corrected chi connectivity index (χ4v) is 4.79. The summed E-state index contributed by atoms with van der Waals surface area (Å²) in [4.78, 5) is 12.9. The van der Waals surface area contributed by atoms with Gasteiger partial charge in [-0.3, -0.25) is 9.52 Å². The molecule has 0 heterocycles. The van der Waals surface area contributed by atoms with Crippen LogP contribution in [0.3, 0.4) is 0 Å². The van der Waals surface area contributed by atoms with Crippen LogP contribution in [0.15, 0.2) is 71.6 Å². The van der Waals surface area contributed by atoms with Gasteiger partial charge in [-0.2, -0.15) is 8.78 Å². The van der Waals surface area contributed by atoms with Crippen LogP contribution >= 0.6 is 0 Å². The van der Waals surface area contributed by atoms with Crippen LogP contribution in [0, 0.1) is 4.78 Å². The van der Waals surface area contributed by atoms with Gasteiger partial charge >= 0.3 is 6.61 Å². The molecule has 1 amide bonds. The minimum atomic E-state index is -3.91. The van der Waals surface area contributed by atoms with Crippen molar-refractivity contribution in [1.29, 1.82) is 4.78 Å². The van der Waals surface area contributed by atoms with Gasteiger partial charge in [0.15, 0.2) is 15.7 Å². The van der Waals surface area contributed by atoms with Crippen LogP contribution in [0.4, 0.5) is 20.2 Å². The van der Waals surface area contributed by atoms with E-state index in [-0.39, 0.29) is 34.2 Å². The summed E-state index contributed by atoms with van der Waals surface area (Å²) in [6.07, 6.45) is 1.72. The molecule has 0 aliphatic rings. The Morgan fingerprint density at radius 1 is 1.03 bits per heavy atom. The zero-order valence-electron chi connectivity index (χ0n) is 21.7. The number of halogens is 2. The normalized spacial score (nSPS) is 12.4. The molecule has 39 heavy (non-hydrogen) atoms. The molecule has 1 atom stereocenters. The first-order valence-electron chi connectivity index (χ1n) is 12.3. The Morgan fingerprint density at radius 2 is 1.77 bits per heavy atom. The van der Waals surface area contributed by atoms with Gasteiger partial charge in [-0.15, -0.1) is 0 Å². The molecular weight excluding hydrogens is 530 g/mol. The van der Waals surface area contributed by atoms with Crippen molar-refractivity contribution < 1.29 is 32.0 Å². The third kappa shape index (κ3) is 8.82. The Hall–Kier alpha value is -3.90. The van der Waals surface area contributed by atoms with Gasteiger partial charge < -0.3 is 24.8 Å². The highest BCUT2D eigenvalue weighted by atomic mass is 32.2. The zero-order valence-corrected chi connectivity index (χ0v) is 22.5. The molecule has 3 aromatic rings. The van der Waals surface area contributed by atoms with E-state index in [1.165, 1.54) is 37.4 Å². The number of hydrogen-bond acceptors (Lipinski definition) is 7. The van der Waals surface area contributed by atoms with E-state index in [1.54, 1.807) is 30.3 Å². The predicted molar refractivity (Wildman–Crippen MR) is 146 cm³/mol. The minimum absolute atomic E-state index is 0.0956. The lowest BCUT2D eigenvalue weighted by atomic mass is 10.1. The molecule has 0 aliphatic carbocycles. The molecule has 12 heteroatoms. The Balaban J connectivity index is 2.11. The number of methoxy groups -OCH3 is 1. The number of rotatable bonds is 15. The maximum absolute atomic E-state index is 13.9. The second-order valence-electron chi connectivity index (χ2n) is 8.36. The van der Waals surface area contributed by atoms with E-state index in [1.807, 2.05) is 13.0 Å². The van der Waals surface area contributed by atoms with Gasteiger partial charge in [-0.05, 0) is 42.8 Å². The number of nitrogens with one attached hydrogen (secondary N) is 4. The smallest absolute Gasteiger partial charge is 0.387 e. The van der Waals surface area contributed by atoms with Crippen LogP contribution in [0.5, 0.6) is 17.2 Å². The molecule has 210 valence electrons. The average Bonchev–Trinajstić information content (AvgIpc) is 2.89. The lowest BCUT2D eigenvalue weighted by molar-refractivity contribution is -0.0498. The van der Waals surface area contributed by atoms with E-state index in [9.17, 15) is 17.8 Å². The van der Waals surface area contributed by atoms with Gasteiger partial charge in [0, 0.05) is 31.8 Å². The fourth-order valence-electron chi connectivity index (χ4n) is 3.52. The number of alkyl halides is 2. The second kappa shape index (κ2) is 14.3. The second-order valence-corrected chi connectivity index (χ2v) is 10.1. The van der Waals surface area contributed by atoms with E-state index in [0.717, 1.165) is 12.8 Å². The summed E-state index contributed by atoms with van der Waals surface area (Å²) >= 11 is 0. The van der Waals surface area contributed by atoms with E-state index in [0.29, 0.717) is 24.6 Å². The molecule has 3 rings (SSSR count). The van der Waals surface area contributed by atoms with Crippen molar-refractivity contribution >= 4 is 27.2 Å². The predicted octanol–water partition coefficient (Wildman–Crippen LogP) is 6.10. The molecule has 0 fully saturated rings. The Labute approximate surface area is 227 Å². The van der Waals surface area contributed by atoms with Crippen molar-refractivity contribution in [2.24, 2.45) is 0 Å². The van der Waals surface area contributed by atoms with Crippen molar-refractivity contribution in [3.05, 3.63) is 72.3 Å². The molecule has 0 saturated heterocycles. The third-order valence-electron chi connectivity index (χ3n) is 5.35. The summed E-state index contributed by atoms with van der Waals surface area (Å²) in [5.74, 6) is -0.102. The molecule has 9 nitrogen and oxygen atoms in total. The number of amides is 1. The molecule has 0 saturated carbocycles. The van der Waals surface area contributed by atoms with E-state index in [4.69, 9.17) is 14.3 Å². The van der Waals surface area contributed by atoms with E-state index >= 15 is 0 Å². The molecule has 0 spiro atoms. The SMILES string of the molecule is CCCCNc1cc(C(=O)NCCOC)cc(S(=N)(=O)Nc2cccc(OC(F)F)c2)c1Oc1ccccc1. The van der Waals surface area contributed by atoms with Crippen LogP contribution in [-0.4, -0.2) is 43.5 Å². The van der Waals surface area contributed by atoms with Crippen molar-refractivity contribution in [1.82, 2.24) is 5.32 Å². The number of ether oxygens (including phenoxy) is 3. The summed E-state index contributed by atoms with van der Waals surface area (Å²) in [7, 11) is -2.39. The van der Waals surface area contributed by atoms with Gasteiger partial charge in [0.2, 0.25) is 0 Å². The first-order chi connectivity index (χ1) is 18.7. The Kier molecular flexibility index (Phi) is 10.9. The number of para-hydroxylation sites is 1. The van der Waals surface area contributed by atoms with E-state index < -0.39 is 22.4 Å². The minimum Gasteiger partial charge on any atom is -0.454 e. The number of hydrogen-bond donors (Lipinski definition) is 4. The van der Waals surface area contributed by atoms with Crippen LogP contribution in [0.1, 0.15) is 30.1 Å². The summed E-state index contributed by atoms with van der Waals surface area (Å²) in [6, 6.07) is 17.1. The summed E-state index contributed by atoms with van der Waals surface area (Å²) in [5, 5.41) is 5.96. The molecule has 3 aromatic carbocycles. The lowest BCUT2D eigenvalue weighted by Gasteiger charge is -2.21. The van der Waals surface area contributed by atoms with Crippen molar-refractivity contribution in [3.8, 4) is 17.2 Å². The highest BCUT2D eigenvalue weighted by Gasteiger charge is 2.24. The van der Waals surface area contributed by atoms with Crippen molar-refractivity contribution in [3.63, 3.8) is 0 Å². The van der Waals surface area contributed by atoms with Crippen molar-refractivity contribution in [2.75, 3.05) is 36.8 Å². The summed E-state index contributed by atoms with van der Waals surface area (Å²) in [5.41, 5.74) is 0.629. The Morgan fingerprint density at radius 3 is 2.46 bits per heavy atom. The number of unbranched alkanes of at least 4 members (excludes halogenated alkanes) is 1.